The van der Waals surface area contributed by atoms with Crippen molar-refractivity contribution < 1.29 is 9.84 Å². The lowest BCUT2D eigenvalue weighted by molar-refractivity contribution is -0.0977. The maximum Gasteiger partial charge on any atom is 0.0936 e. The van der Waals surface area contributed by atoms with Gasteiger partial charge in [-0.1, -0.05) is 0 Å². The molecule has 0 saturated carbocycles. The Morgan fingerprint density at radius 3 is 2.84 bits per heavy atom. The number of nitrogens with zero attached hydrogens (tertiary/aromatic N) is 3. The number of ether oxygens (including phenoxy) is 1. The van der Waals surface area contributed by atoms with Crippen LogP contribution in [0.5, 0.6) is 0 Å². The Labute approximate surface area is 122 Å². The predicted octanol–water partition coefficient (Wildman–Crippen LogP) is 1.56. The lowest BCUT2D eigenvalue weighted by Crippen LogP contribution is -2.47. The van der Waals surface area contributed by atoms with Crippen LogP contribution in [0.2, 0.25) is 0 Å². The molecule has 1 aliphatic rings. The van der Waals surface area contributed by atoms with Gasteiger partial charge < -0.3 is 9.84 Å². The Hall–Kier alpha value is -0.430. The van der Waals surface area contributed by atoms with Gasteiger partial charge in [0.15, 0.2) is 0 Å². The lowest BCUT2D eigenvalue weighted by atomic mass is 10.2. The molecule has 1 N–H and O–H groups in total. The zero-order chi connectivity index (χ0) is 14.0. The van der Waals surface area contributed by atoms with Crippen LogP contribution in [-0.2, 0) is 17.8 Å². The minimum absolute atomic E-state index is 0.0775. The van der Waals surface area contributed by atoms with Gasteiger partial charge >= 0.3 is 0 Å². The molecule has 2 heterocycles. The maximum absolute atomic E-state index is 9.27. The van der Waals surface area contributed by atoms with Crippen LogP contribution in [0.4, 0.5) is 0 Å². The lowest BCUT2D eigenvalue weighted by Gasteiger charge is -2.36. The van der Waals surface area contributed by atoms with Gasteiger partial charge in [0.25, 0.3) is 0 Å². The highest BCUT2D eigenvalue weighted by Crippen LogP contribution is 2.24. The second-order valence-corrected chi connectivity index (χ2v) is 5.90. The number of halogens is 1. The molecular formula is C13H22BrN3O2. The van der Waals surface area contributed by atoms with Crippen LogP contribution in [0.3, 0.4) is 0 Å². The molecule has 6 heteroatoms. The highest BCUT2D eigenvalue weighted by Gasteiger charge is 2.26. The highest BCUT2D eigenvalue weighted by molar-refractivity contribution is 9.10. The van der Waals surface area contributed by atoms with Crippen LogP contribution in [-0.4, -0.2) is 51.7 Å². The summed E-state index contributed by atoms with van der Waals surface area (Å²) in [4.78, 5) is 2.32. The number of aryl methyl sites for hydroxylation is 2. The molecule has 0 bridgehead atoms. The van der Waals surface area contributed by atoms with Gasteiger partial charge in [-0.3, -0.25) is 9.58 Å². The summed E-state index contributed by atoms with van der Waals surface area (Å²) in [6, 6.07) is 0. The van der Waals surface area contributed by atoms with Crippen LogP contribution < -0.4 is 0 Å². The van der Waals surface area contributed by atoms with E-state index < -0.39 is 0 Å². The van der Waals surface area contributed by atoms with E-state index in [2.05, 4.69) is 32.9 Å². The van der Waals surface area contributed by atoms with Crippen molar-refractivity contribution in [2.24, 2.45) is 0 Å². The Bertz CT molecular complexity index is 436. The molecule has 1 aliphatic heterocycles. The molecule has 0 aliphatic carbocycles. The Morgan fingerprint density at radius 2 is 2.21 bits per heavy atom. The minimum Gasteiger partial charge on any atom is -0.394 e. The average Bonchev–Trinajstić information content (AvgIpc) is 2.65. The molecule has 1 saturated heterocycles. The molecular weight excluding hydrogens is 310 g/mol. The summed E-state index contributed by atoms with van der Waals surface area (Å²) in [5.41, 5.74) is 2.22. The van der Waals surface area contributed by atoms with Crippen molar-refractivity contribution in [3.8, 4) is 0 Å². The number of hydrogen-bond donors (Lipinski definition) is 1. The molecule has 1 fully saturated rings. The van der Waals surface area contributed by atoms with Crippen molar-refractivity contribution in [3.05, 3.63) is 15.9 Å². The molecule has 19 heavy (non-hydrogen) atoms. The summed E-state index contributed by atoms with van der Waals surface area (Å²) in [6.45, 7) is 9.59. The smallest absolute Gasteiger partial charge is 0.0936 e. The molecule has 1 aromatic rings. The highest BCUT2D eigenvalue weighted by atomic mass is 79.9. The molecule has 2 atom stereocenters. The fraction of sp³-hybridized carbons (Fsp3) is 0.769. The molecule has 2 rings (SSSR count). The monoisotopic (exact) mass is 331 g/mol. The van der Waals surface area contributed by atoms with E-state index in [0.717, 1.165) is 36.3 Å². The largest absolute Gasteiger partial charge is 0.394 e. The summed E-state index contributed by atoms with van der Waals surface area (Å²) >= 11 is 3.63. The van der Waals surface area contributed by atoms with E-state index in [-0.39, 0.29) is 18.8 Å². The average molecular weight is 332 g/mol. The third-order valence-electron chi connectivity index (χ3n) is 3.43. The topological polar surface area (TPSA) is 50.5 Å². The van der Waals surface area contributed by atoms with Crippen molar-refractivity contribution in [1.82, 2.24) is 14.7 Å². The first kappa shape index (κ1) is 15.0. The van der Waals surface area contributed by atoms with Gasteiger partial charge in [0.05, 0.1) is 34.7 Å². The van der Waals surface area contributed by atoms with Gasteiger partial charge in [0.2, 0.25) is 0 Å². The number of aromatic nitrogens is 2. The van der Waals surface area contributed by atoms with Crippen molar-refractivity contribution in [1.29, 1.82) is 0 Å². The SMILES string of the molecule is CCn1nc(C)c(Br)c1CN1CC(C)OC(CO)C1. The number of aliphatic hydroxyl groups is 1. The van der Waals surface area contributed by atoms with Crippen molar-refractivity contribution in [3.63, 3.8) is 0 Å². The van der Waals surface area contributed by atoms with Gasteiger partial charge in [0.1, 0.15) is 0 Å². The molecule has 0 amide bonds. The second kappa shape index (κ2) is 6.35. The van der Waals surface area contributed by atoms with E-state index in [0.29, 0.717) is 0 Å². The van der Waals surface area contributed by atoms with E-state index in [1.165, 1.54) is 5.69 Å². The number of morpholine rings is 1. The zero-order valence-electron chi connectivity index (χ0n) is 11.8. The van der Waals surface area contributed by atoms with Gasteiger partial charge in [-0.2, -0.15) is 5.10 Å². The summed E-state index contributed by atoms with van der Waals surface area (Å²) in [5.74, 6) is 0. The number of rotatable bonds is 4. The van der Waals surface area contributed by atoms with Gasteiger partial charge in [-0.15, -0.1) is 0 Å². The molecule has 5 nitrogen and oxygen atoms in total. The number of hydrogen-bond acceptors (Lipinski definition) is 4. The Balaban J connectivity index is 2.12. The normalized spacial score (nSPS) is 24.9. The van der Waals surface area contributed by atoms with E-state index >= 15 is 0 Å². The quantitative estimate of drug-likeness (QED) is 0.909. The zero-order valence-corrected chi connectivity index (χ0v) is 13.4. The molecule has 2 unspecified atom stereocenters. The second-order valence-electron chi connectivity index (χ2n) is 5.11. The first-order valence-electron chi connectivity index (χ1n) is 6.75. The molecule has 1 aromatic heterocycles. The summed E-state index contributed by atoms with van der Waals surface area (Å²) < 4.78 is 8.80. The molecule has 108 valence electrons. The fourth-order valence-corrected chi connectivity index (χ4v) is 3.01. The van der Waals surface area contributed by atoms with Crippen molar-refractivity contribution in [2.75, 3.05) is 19.7 Å². The molecule has 0 aromatic carbocycles. The third-order valence-corrected chi connectivity index (χ3v) is 4.46. The van der Waals surface area contributed by atoms with Gasteiger partial charge in [-0.25, -0.2) is 0 Å². The van der Waals surface area contributed by atoms with E-state index in [9.17, 15) is 5.11 Å². The first-order chi connectivity index (χ1) is 9.05. The standard InChI is InChI=1S/C13H22BrN3O2/c1-4-17-12(13(14)10(3)15-17)7-16-5-9(2)19-11(6-16)8-18/h9,11,18H,4-8H2,1-3H3. The van der Waals surface area contributed by atoms with Crippen LogP contribution in [0.1, 0.15) is 25.2 Å². The van der Waals surface area contributed by atoms with Crippen LogP contribution in [0, 0.1) is 6.92 Å². The van der Waals surface area contributed by atoms with E-state index in [1.807, 2.05) is 18.5 Å². The maximum atomic E-state index is 9.27. The van der Waals surface area contributed by atoms with Crippen LogP contribution in [0.25, 0.3) is 0 Å². The minimum atomic E-state index is -0.0818. The van der Waals surface area contributed by atoms with Gasteiger partial charge in [-0.05, 0) is 36.7 Å². The van der Waals surface area contributed by atoms with Crippen molar-refractivity contribution >= 4 is 15.9 Å². The summed E-state index contributed by atoms with van der Waals surface area (Å²) in [6.07, 6.45) is 0.0744. The first-order valence-corrected chi connectivity index (χ1v) is 7.54. The molecule has 0 radical (unpaired) electrons. The van der Waals surface area contributed by atoms with Crippen molar-refractivity contribution in [2.45, 2.75) is 46.1 Å². The van der Waals surface area contributed by atoms with E-state index in [4.69, 9.17) is 4.74 Å². The number of aliphatic hydroxyl groups excluding tert-OH is 1. The summed E-state index contributed by atoms with van der Waals surface area (Å²) in [5, 5.41) is 13.8. The van der Waals surface area contributed by atoms with E-state index in [1.54, 1.807) is 0 Å². The van der Waals surface area contributed by atoms with Crippen LogP contribution >= 0.6 is 15.9 Å². The molecule has 0 spiro atoms. The fourth-order valence-electron chi connectivity index (χ4n) is 2.60. The van der Waals surface area contributed by atoms with Crippen LogP contribution in [0.15, 0.2) is 4.47 Å². The Kier molecular flexibility index (Phi) is 5.00. The Morgan fingerprint density at radius 1 is 1.47 bits per heavy atom. The summed E-state index contributed by atoms with van der Waals surface area (Å²) in [7, 11) is 0. The van der Waals surface area contributed by atoms with Gasteiger partial charge in [0, 0.05) is 26.2 Å². The third kappa shape index (κ3) is 3.37. The predicted molar refractivity (Wildman–Crippen MR) is 77.0 cm³/mol.